The third-order valence-electron chi connectivity index (χ3n) is 3.00. The number of aliphatic hydroxyl groups is 1. The molecule has 0 aromatic rings. The smallest absolute Gasteiger partial charge is 0.410 e. The monoisotopic (exact) mass is 273 g/mol. The molecule has 6 nitrogen and oxygen atoms in total. The zero-order valence-corrected chi connectivity index (χ0v) is 12.0. The fourth-order valence-corrected chi connectivity index (χ4v) is 2.01. The molecule has 19 heavy (non-hydrogen) atoms. The summed E-state index contributed by atoms with van der Waals surface area (Å²) >= 11 is 0. The molecule has 0 bridgehead atoms. The lowest BCUT2D eigenvalue weighted by molar-refractivity contribution is -0.143. The largest absolute Gasteiger partial charge is 0.469 e. The SMILES string of the molecule is COC(=O)C[C@H]1CN(C(=O)OC(C)(C)C)CC[C@H]1O. The first-order chi connectivity index (χ1) is 8.73. The van der Waals surface area contributed by atoms with Gasteiger partial charge >= 0.3 is 12.1 Å². The predicted molar refractivity (Wildman–Crippen MR) is 68.6 cm³/mol. The zero-order chi connectivity index (χ0) is 14.6. The van der Waals surface area contributed by atoms with Crippen LogP contribution in [0.1, 0.15) is 33.6 Å². The van der Waals surface area contributed by atoms with Crippen molar-refractivity contribution in [2.24, 2.45) is 5.92 Å². The molecule has 6 heteroatoms. The van der Waals surface area contributed by atoms with Gasteiger partial charge in [0.2, 0.25) is 0 Å². The Kier molecular flexibility index (Phi) is 5.17. The second-order valence-corrected chi connectivity index (χ2v) is 5.82. The fourth-order valence-electron chi connectivity index (χ4n) is 2.01. The van der Waals surface area contributed by atoms with Gasteiger partial charge in [0.15, 0.2) is 0 Å². The molecule has 1 saturated heterocycles. The summed E-state index contributed by atoms with van der Waals surface area (Å²) < 4.78 is 9.87. The molecule has 0 aromatic heterocycles. The van der Waals surface area contributed by atoms with Gasteiger partial charge in [-0.2, -0.15) is 0 Å². The van der Waals surface area contributed by atoms with E-state index >= 15 is 0 Å². The molecule has 110 valence electrons. The number of rotatable bonds is 2. The van der Waals surface area contributed by atoms with Gasteiger partial charge in [0.1, 0.15) is 5.60 Å². The number of methoxy groups -OCH3 is 1. The summed E-state index contributed by atoms with van der Waals surface area (Å²) in [7, 11) is 1.31. The van der Waals surface area contributed by atoms with E-state index in [4.69, 9.17) is 4.74 Å². The van der Waals surface area contributed by atoms with Crippen LogP contribution in [0, 0.1) is 5.92 Å². The standard InChI is InChI=1S/C13H23NO5/c1-13(2,3)19-12(17)14-6-5-10(15)9(8-14)7-11(16)18-4/h9-10,15H,5-8H2,1-4H3/t9-,10+/m0/s1. The van der Waals surface area contributed by atoms with Crippen LogP contribution >= 0.6 is 0 Å². The molecule has 1 aliphatic rings. The third-order valence-corrected chi connectivity index (χ3v) is 3.00. The number of esters is 1. The average molecular weight is 273 g/mol. The molecule has 0 saturated carbocycles. The lowest BCUT2D eigenvalue weighted by Crippen LogP contribution is -2.48. The topological polar surface area (TPSA) is 76.1 Å². The Bertz CT molecular complexity index is 336. The summed E-state index contributed by atoms with van der Waals surface area (Å²) in [5, 5.41) is 9.86. The number of ether oxygens (including phenoxy) is 2. The Hall–Kier alpha value is -1.30. The normalized spacial score (nSPS) is 23.9. The first-order valence-corrected chi connectivity index (χ1v) is 6.45. The van der Waals surface area contributed by atoms with Crippen LogP contribution in [-0.4, -0.2) is 54.0 Å². The van der Waals surface area contributed by atoms with Gasteiger partial charge in [0.05, 0.1) is 19.6 Å². The summed E-state index contributed by atoms with van der Waals surface area (Å²) in [5.74, 6) is -0.677. The van der Waals surface area contributed by atoms with E-state index in [9.17, 15) is 14.7 Å². The van der Waals surface area contributed by atoms with Crippen LogP contribution < -0.4 is 0 Å². The van der Waals surface area contributed by atoms with Crippen molar-refractivity contribution in [2.75, 3.05) is 20.2 Å². The number of likely N-dealkylation sites (tertiary alicyclic amines) is 1. The number of hydrogen-bond acceptors (Lipinski definition) is 5. The van der Waals surface area contributed by atoms with Crippen LogP contribution in [0.25, 0.3) is 0 Å². The molecule has 1 aliphatic heterocycles. The Morgan fingerprint density at radius 3 is 2.53 bits per heavy atom. The Balaban J connectivity index is 2.58. The van der Waals surface area contributed by atoms with Crippen LogP contribution in [0.2, 0.25) is 0 Å². The first kappa shape index (κ1) is 15.8. The molecule has 1 fully saturated rings. The lowest BCUT2D eigenvalue weighted by Gasteiger charge is -2.36. The molecule has 1 N–H and O–H groups in total. The van der Waals surface area contributed by atoms with E-state index in [-0.39, 0.29) is 18.3 Å². The number of carbonyl (C=O) groups excluding carboxylic acids is 2. The van der Waals surface area contributed by atoms with Crippen LogP contribution in [0.15, 0.2) is 0 Å². The summed E-state index contributed by atoms with van der Waals surface area (Å²) in [6.07, 6.45) is -0.440. The van der Waals surface area contributed by atoms with Gasteiger partial charge in [0.25, 0.3) is 0 Å². The van der Waals surface area contributed by atoms with Crippen molar-refractivity contribution >= 4 is 12.1 Å². The quantitative estimate of drug-likeness (QED) is 0.764. The van der Waals surface area contributed by atoms with Gasteiger partial charge in [-0.05, 0) is 27.2 Å². The first-order valence-electron chi connectivity index (χ1n) is 6.45. The van der Waals surface area contributed by atoms with E-state index in [1.807, 2.05) is 0 Å². The molecule has 0 unspecified atom stereocenters. The van der Waals surface area contributed by atoms with E-state index in [0.717, 1.165) is 0 Å². The molecule has 0 aliphatic carbocycles. The molecular formula is C13H23NO5. The maximum atomic E-state index is 11.9. The minimum absolute atomic E-state index is 0.108. The van der Waals surface area contributed by atoms with E-state index < -0.39 is 17.8 Å². The highest BCUT2D eigenvalue weighted by Crippen LogP contribution is 2.22. The number of aliphatic hydroxyl groups excluding tert-OH is 1. The fraction of sp³-hybridized carbons (Fsp3) is 0.846. The molecule has 1 rings (SSSR count). The summed E-state index contributed by atoms with van der Waals surface area (Å²) in [4.78, 5) is 24.7. The van der Waals surface area contributed by atoms with Gasteiger partial charge in [-0.3, -0.25) is 4.79 Å². The van der Waals surface area contributed by atoms with Gasteiger partial charge in [-0.25, -0.2) is 4.79 Å². The molecule has 1 heterocycles. The lowest BCUT2D eigenvalue weighted by atomic mass is 9.92. The molecular weight excluding hydrogens is 250 g/mol. The second-order valence-electron chi connectivity index (χ2n) is 5.82. The van der Waals surface area contributed by atoms with Gasteiger partial charge in [-0.15, -0.1) is 0 Å². The van der Waals surface area contributed by atoms with Crippen molar-refractivity contribution in [1.29, 1.82) is 0 Å². The van der Waals surface area contributed by atoms with Crippen molar-refractivity contribution in [2.45, 2.75) is 45.3 Å². The van der Waals surface area contributed by atoms with Crippen LogP contribution in [0.4, 0.5) is 4.79 Å². The van der Waals surface area contributed by atoms with Crippen LogP contribution in [0.3, 0.4) is 0 Å². The molecule has 0 radical (unpaired) electrons. The highest BCUT2D eigenvalue weighted by molar-refractivity contribution is 5.70. The van der Waals surface area contributed by atoms with Gasteiger partial charge in [0, 0.05) is 19.0 Å². The average Bonchev–Trinajstić information content (AvgIpc) is 2.29. The number of piperidine rings is 1. The van der Waals surface area contributed by atoms with E-state index in [1.54, 1.807) is 20.8 Å². The van der Waals surface area contributed by atoms with E-state index in [1.165, 1.54) is 12.0 Å². The van der Waals surface area contributed by atoms with Crippen molar-refractivity contribution in [3.63, 3.8) is 0 Å². The molecule has 0 spiro atoms. The van der Waals surface area contributed by atoms with E-state index in [2.05, 4.69) is 4.74 Å². The van der Waals surface area contributed by atoms with Crippen molar-refractivity contribution in [3.05, 3.63) is 0 Å². The minimum Gasteiger partial charge on any atom is -0.469 e. The Morgan fingerprint density at radius 2 is 2.00 bits per heavy atom. The summed E-state index contributed by atoms with van der Waals surface area (Å²) in [5.41, 5.74) is -0.551. The third kappa shape index (κ3) is 5.06. The zero-order valence-electron chi connectivity index (χ0n) is 12.0. The summed E-state index contributed by atoms with van der Waals surface area (Å²) in [6.45, 7) is 6.15. The van der Waals surface area contributed by atoms with Gasteiger partial charge < -0.3 is 19.5 Å². The Morgan fingerprint density at radius 1 is 1.37 bits per heavy atom. The van der Waals surface area contributed by atoms with Crippen molar-refractivity contribution in [1.82, 2.24) is 4.90 Å². The minimum atomic E-state index is -0.585. The van der Waals surface area contributed by atoms with Gasteiger partial charge in [-0.1, -0.05) is 0 Å². The predicted octanol–water partition coefficient (Wildman–Crippen LogP) is 1.17. The highest BCUT2D eigenvalue weighted by atomic mass is 16.6. The van der Waals surface area contributed by atoms with Crippen LogP contribution in [-0.2, 0) is 14.3 Å². The van der Waals surface area contributed by atoms with Crippen molar-refractivity contribution < 1.29 is 24.2 Å². The number of nitrogens with zero attached hydrogens (tertiary/aromatic N) is 1. The maximum absolute atomic E-state index is 11.9. The molecule has 0 aromatic carbocycles. The van der Waals surface area contributed by atoms with Crippen molar-refractivity contribution in [3.8, 4) is 0 Å². The maximum Gasteiger partial charge on any atom is 0.410 e. The Labute approximate surface area is 113 Å². The molecule has 1 amide bonds. The number of carbonyl (C=O) groups is 2. The highest BCUT2D eigenvalue weighted by Gasteiger charge is 2.33. The summed E-state index contributed by atoms with van der Waals surface area (Å²) in [6, 6.07) is 0. The molecule has 2 atom stereocenters. The van der Waals surface area contributed by atoms with Crippen LogP contribution in [0.5, 0.6) is 0 Å². The number of hydrogen-bond donors (Lipinski definition) is 1. The van der Waals surface area contributed by atoms with E-state index in [0.29, 0.717) is 19.5 Å². The second kappa shape index (κ2) is 6.23. The number of amides is 1.